The van der Waals surface area contributed by atoms with Crippen LogP contribution in [-0.2, 0) is 9.59 Å². The lowest BCUT2D eigenvalue weighted by Crippen LogP contribution is -2.42. The van der Waals surface area contributed by atoms with E-state index in [-0.39, 0.29) is 25.5 Å². The smallest absolute Gasteiger partial charge is 0.323 e. The Balaban J connectivity index is 2.65. The van der Waals surface area contributed by atoms with Gasteiger partial charge in [-0.05, 0) is 6.07 Å². The minimum absolute atomic E-state index is 0.00509. The standard InChI is InChI=1S/C12H16N4O3/c1-3-7-16(9-11(18)19)10(17)8-15(2)12-13-5-4-6-14-12/h3-6H,1,7-9H2,2H3,(H,18,19). The molecule has 0 fully saturated rings. The molecule has 0 bridgehead atoms. The van der Waals surface area contributed by atoms with E-state index < -0.39 is 5.97 Å². The number of carbonyl (C=O) groups is 2. The van der Waals surface area contributed by atoms with E-state index in [4.69, 9.17) is 5.11 Å². The monoisotopic (exact) mass is 264 g/mol. The third-order valence-electron chi connectivity index (χ3n) is 2.29. The molecule has 0 aliphatic heterocycles. The second-order valence-electron chi connectivity index (χ2n) is 3.86. The van der Waals surface area contributed by atoms with E-state index in [1.165, 1.54) is 11.0 Å². The molecule has 0 aliphatic carbocycles. The van der Waals surface area contributed by atoms with Gasteiger partial charge in [0.25, 0.3) is 0 Å². The average Bonchev–Trinajstić information content (AvgIpc) is 2.38. The van der Waals surface area contributed by atoms with Crippen LogP contribution in [0.25, 0.3) is 0 Å². The van der Waals surface area contributed by atoms with Crippen molar-refractivity contribution in [1.82, 2.24) is 14.9 Å². The maximum atomic E-state index is 12.0. The molecule has 0 spiro atoms. The van der Waals surface area contributed by atoms with Crippen molar-refractivity contribution in [2.24, 2.45) is 0 Å². The Morgan fingerprint density at radius 2 is 2.00 bits per heavy atom. The van der Waals surface area contributed by atoms with Gasteiger partial charge in [-0.3, -0.25) is 9.59 Å². The van der Waals surface area contributed by atoms with Gasteiger partial charge in [0.05, 0.1) is 6.54 Å². The van der Waals surface area contributed by atoms with Gasteiger partial charge in [-0.15, -0.1) is 6.58 Å². The van der Waals surface area contributed by atoms with Crippen LogP contribution in [0.3, 0.4) is 0 Å². The van der Waals surface area contributed by atoms with E-state index in [0.717, 1.165) is 0 Å². The normalized spacial score (nSPS) is 9.74. The summed E-state index contributed by atoms with van der Waals surface area (Å²) in [7, 11) is 1.67. The predicted octanol–water partition coefficient (Wildman–Crippen LogP) is 0.0120. The van der Waals surface area contributed by atoms with Crippen molar-refractivity contribution in [1.29, 1.82) is 0 Å². The number of aromatic nitrogens is 2. The molecule has 0 saturated carbocycles. The van der Waals surface area contributed by atoms with E-state index in [2.05, 4.69) is 16.5 Å². The molecule has 102 valence electrons. The maximum absolute atomic E-state index is 12.0. The Morgan fingerprint density at radius 3 is 2.53 bits per heavy atom. The number of hydrogen-bond acceptors (Lipinski definition) is 5. The molecule has 0 unspecified atom stereocenters. The Morgan fingerprint density at radius 1 is 1.37 bits per heavy atom. The van der Waals surface area contributed by atoms with Crippen molar-refractivity contribution in [3.63, 3.8) is 0 Å². The van der Waals surface area contributed by atoms with E-state index in [9.17, 15) is 9.59 Å². The van der Waals surface area contributed by atoms with Gasteiger partial charge in [0.15, 0.2) is 0 Å². The van der Waals surface area contributed by atoms with Crippen LogP contribution in [-0.4, -0.2) is 58.5 Å². The van der Waals surface area contributed by atoms with E-state index >= 15 is 0 Å². The maximum Gasteiger partial charge on any atom is 0.323 e. The number of carboxylic acid groups (broad SMARTS) is 1. The first-order valence-electron chi connectivity index (χ1n) is 5.63. The van der Waals surface area contributed by atoms with Crippen LogP contribution in [0.4, 0.5) is 5.95 Å². The largest absolute Gasteiger partial charge is 0.480 e. The molecule has 0 radical (unpaired) electrons. The van der Waals surface area contributed by atoms with Gasteiger partial charge in [-0.25, -0.2) is 9.97 Å². The molecule has 0 aromatic carbocycles. The Labute approximate surface area is 111 Å². The Bertz CT molecular complexity index is 450. The number of carboxylic acids is 1. The van der Waals surface area contributed by atoms with Crippen LogP contribution in [0.15, 0.2) is 31.1 Å². The highest BCUT2D eigenvalue weighted by molar-refractivity contribution is 5.84. The van der Waals surface area contributed by atoms with Crippen LogP contribution in [0.5, 0.6) is 0 Å². The van der Waals surface area contributed by atoms with Crippen LogP contribution in [0, 0.1) is 0 Å². The van der Waals surface area contributed by atoms with E-state index in [1.54, 1.807) is 30.4 Å². The summed E-state index contributed by atoms with van der Waals surface area (Å²) in [5.41, 5.74) is 0. The number of nitrogens with zero attached hydrogens (tertiary/aromatic N) is 4. The van der Waals surface area contributed by atoms with Crippen molar-refractivity contribution in [2.45, 2.75) is 0 Å². The number of carbonyl (C=O) groups excluding carboxylic acids is 1. The summed E-state index contributed by atoms with van der Waals surface area (Å²) in [5, 5.41) is 8.74. The van der Waals surface area contributed by atoms with E-state index in [1.807, 2.05) is 0 Å². The quantitative estimate of drug-likeness (QED) is 0.698. The zero-order valence-electron chi connectivity index (χ0n) is 10.7. The molecule has 7 nitrogen and oxygen atoms in total. The number of likely N-dealkylation sites (N-methyl/N-ethyl adjacent to an activating group) is 1. The van der Waals surface area contributed by atoms with Crippen molar-refractivity contribution in [2.75, 3.05) is 31.6 Å². The molecule has 1 aromatic rings. The topological polar surface area (TPSA) is 86.6 Å². The molecule has 1 amide bonds. The summed E-state index contributed by atoms with van der Waals surface area (Å²) in [4.78, 5) is 33.4. The van der Waals surface area contributed by atoms with Crippen molar-refractivity contribution in [3.8, 4) is 0 Å². The first-order chi connectivity index (χ1) is 9.04. The third-order valence-corrected chi connectivity index (χ3v) is 2.29. The third kappa shape index (κ3) is 4.74. The fraction of sp³-hybridized carbons (Fsp3) is 0.333. The van der Waals surface area contributed by atoms with Crippen LogP contribution in [0.1, 0.15) is 0 Å². The van der Waals surface area contributed by atoms with Crippen molar-refractivity contribution in [3.05, 3.63) is 31.1 Å². The molecular weight excluding hydrogens is 248 g/mol. The SMILES string of the molecule is C=CCN(CC(=O)O)C(=O)CN(C)c1ncccn1. The molecule has 0 atom stereocenters. The zero-order valence-corrected chi connectivity index (χ0v) is 10.7. The second kappa shape index (κ2) is 7.10. The number of hydrogen-bond donors (Lipinski definition) is 1. The highest BCUT2D eigenvalue weighted by atomic mass is 16.4. The van der Waals surface area contributed by atoms with Crippen molar-refractivity contribution >= 4 is 17.8 Å². The molecule has 7 heteroatoms. The number of anilines is 1. The minimum Gasteiger partial charge on any atom is -0.480 e. The van der Waals surface area contributed by atoms with Gasteiger partial charge < -0.3 is 14.9 Å². The summed E-state index contributed by atoms with van der Waals surface area (Å²) in [6.45, 7) is 3.34. The highest BCUT2D eigenvalue weighted by Gasteiger charge is 2.18. The van der Waals surface area contributed by atoms with Crippen molar-refractivity contribution < 1.29 is 14.7 Å². The van der Waals surface area contributed by atoms with Gasteiger partial charge in [0.1, 0.15) is 6.54 Å². The lowest BCUT2D eigenvalue weighted by Gasteiger charge is -2.22. The Hall–Kier alpha value is -2.44. The van der Waals surface area contributed by atoms with Gasteiger partial charge in [0, 0.05) is 26.0 Å². The molecule has 1 aromatic heterocycles. The van der Waals surface area contributed by atoms with Gasteiger partial charge in [-0.2, -0.15) is 0 Å². The number of amides is 1. The zero-order chi connectivity index (χ0) is 14.3. The first-order valence-corrected chi connectivity index (χ1v) is 5.63. The average molecular weight is 264 g/mol. The number of aliphatic carboxylic acids is 1. The molecule has 1 N–H and O–H groups in total. The number of rotatable bonds is 7. The Kier molecular flexibility index (Phi) is 5.46. The first kappa shape index (κ1) is 14.6. The summed E-state index contributed by atoms with van der Waals surface area (Å²) < 4.78 is 0. The predicted molar refractivity (Wildman–Crippen MR) is 69.7 cm³/mol. The van der Waals surface area contributed by atoms with Gasteiger partial charge in [0.2, 0.25) is 11.9 Å². The molecule has 1 heterocycles. The van der Waals surface area contributed by atoms with Crippen LogP contribution < -0.4 is 4.90 Å². The summed E-state index contributed by atoms with van der Waals surface area (Å²) in [5.74, 6) is -0.976. The highest BCUT2D eigenvalue weighted by Crippen LogP contribution is 2.02. The lowest BCUT2D eigenvalue weighted by molar-refractivity contribution is -0.143. The van der Waals surface area contributed by atoms with Gasteiger partial charge >= 0.3 is 5.97 Å². The molecule has 0 saturated heterocycles. The van der Waals surface area contributed by atoms with Gasteiger partial charge in [-0.1, -0.05) is 6.08 Å². The second-order valence-corrected chi connectivity index (χ2v) is 3.86. The fourth-order valence-corrected chi connectivity index (χ4v) is 1.44. The molecule has 0 aliphatic rings. The van der Waals surface area contributed by atoms with Crippen LogP contribution in [0.2, 0.25) is 0 Å². The molecular formula is C12H16N4O3. The fourth-order valence-electron chi connectivity index (χ4n) is 1.44. The lowest BCUT2D eigenvalue weighted by atomic mass is 10.4. The van der Waals surface area contributed by atoms with Crippen LogP contribution >= 0.6 is 0 Å². The summed E-state index contributed by atoms with van der Waals surface area (Å²) in [6, 6.07) is 1.67. The summed E-state index contributed by atoms with van der Waals surface area (Å²) >= 11 is 0. The molecule has 19 heavy (non-hydrogen) atoms. The summed E-state index contributed by atoms with van der Waals surface area (Å²) in [6.07, 6.45) is 4.63. The minimum atomic E-state index is -1.06. The van der Waals surface area contributed by atoms with E-state index in [0.29, 0.717) is 5.95 Å². The molecule has 1 rings (SSSR count).